The molecule has 8 heteroatoms. The fraction of sp³-hybridized carbons (Fsp3) is 0.294. The Morgan fingerprint density at radius 1 is 1.24 bits per heavy atom. The van der Waals surface area contributed by atoms with Gasteiger partial charge in [0.05, 0.1) is 12.1 Å². The Labute approximate surface area is 146 Å². The highest BCUT2D eigenvalue weighted by atomic mass is 32.1. The molecule has 2 heterocycles. The predicted octanol–water partition coefficient (Wildman–Crippen LogP) is 5.01. The Morgan fingerprint density at radius 3 is 2.72 bits per heavy atom. The number of hydrogen-bond acceptors (Lipinski definition) is 5. The van der Waals surface area contributed by atoms with Crippen molar-refractivity contribution in [3.63, 3.8) is 0 Å². The molecule has 0 fully saturated rings. The second-order valence-corrected chi connectivity index (χ2v) is 6.68. The van der Waals surface area contributed by atoms with Crippen LogP contribution in [0.4, 0.5) is 13.2 Å². The standard InChI is InChI=1S/C17H16F3N3OS/c1-11(14-7-4-8-25-14)23(2)10-15-21-16(22-24-15)12-5-3-6-13(9-12)17(18,19)20/h3-9,11H,10H2,1-2H3/t11-/m0/s1. The van der Waals surface area contributed by atoms with Crippen LogP contribution in [0.3, 0.4) is 0 Å². The third-order valence-corrected chi connectivity index (χ3v) is 4.96. The molecule has 0 aliphatic heterocycles. The molecule has 4 nitrogen and oxygen atoms in total. The molecule has 2 aromatic heterocycles. The highest BCUT2D eigenvalue weighted by Crippen LogP contribution is 2.31. The van der Waals surface area contributed by atoms with E-state index in [4.69, 9.17) is 4.52 Å². The van der Waals surface area contributed by atoms with Gasteiger partial charge in [-0.3, -0.25) is 4.90 Å². The maximum Gasteiger partial charge on any atom is 0.416 e. The summed E-state index contributed by atoms with van der Waals surface area (Å²) in [6.45, 7) is 2.47. The lowest BCUT2D eigenvalue weighted by molar-refractivity contribution is -0.137. The molecule has 0 unspecified atom stereocenters. The summed E-state index contributed by atoms with van der Waals surface area (Å²) in [5.41, 5.74) is -0.460. The van der Waals surface area contributed by atoms with Crippen molar-refractivity contribution in [2.24, 2.45) is 0 Å². The van der Waals surface area contributed by atoms with Crippen molar-refractivity contribution in [3.05, 3.63) is 58.1 Å². The van der Waals surface area contributed by atoms with Gasteiger partial charge < -0.3 is 4.52 Å². The predicted molar refractivity (Wildman–Crippen MR) is 88.9 cm³/mol. The zero-order valence-electron chi connectivity index (χ0n) is 13.6. The molecule has 1 atom stereocenters. The first kappa shape index (κ1) is 17.6. The summed E-state index contributed by atoms with van der Waals surface area (Å²) in [6, 6.07) is 9.11. The Bertz CT molecular complexity index is 830. The fourth-order valence-electron chi connectivity index (χ4n) is 2.37. The average molecular weight is 367 g/mol. The number of alkyl halides is 3. The number of thiophene rings is 1. The summed E-state index contributed by atoms with van der Waals surface area (Å²) < 4.78 is 43.6. The van der Waals surface area contributed by atoms with Crippen LogP contribution in [0.1, 0.15) is 29.3 Å². The van der Waals surface area contributed by atoms with Crippen LogP contribution in [0, 0.1) is 0 Å². The molecular weight excluding hydrogens is 351 g/mol. The molecule has 132 valence electrons. The van der Waals surface area contributed by atoms with Crippen LogP contribution in [0.2, 0.25) is 0 Å². The smallest absolute Gasteiger partial charge is 0.338 e. The van der Waals surface area contributed by atoms with E-state index in [0.717, 1.165) is 12.1 Å². The third kappa shape index (κ3) is 4.08. The number of halogens is 3. The van der Waals surface area contributed by atoms with E-state index in [0.29, 0.717) is 12.4 Å². The highest BCUT2D eigenvalue weighted by molar-refractivity contribution is 7.10. The van der Waals surface area contributed by atoms with Gasteiger partial charge in [0.1, 0.15) is 0 Å². The number of aromatic nitrogens is 2. The summed E-state index contributed by atoms with van der Waals surface area (Å²) in [7, 11) is 1.93. The van der Waals surface area contributed by atoms with E-state index in [-0.39, 0.29) is 17.4 Å². The van der Waals surface area contributed by atoms with Gasteiger partial charge >= 0.3 is 6.18 Å². The fourth-order valence-corrected chi connectivity index (χ4v) is 3.22. The minimum Gasteiger partial charge on any atom is -0.338 e. The lowest BCUT2D eigenvalue weighted by Crippen LogP contribution is -2.21. The number of hydrogen-bond donors (Lipinski definition) is 0. The third-order valence-electron chi connectivity index (χ3n) is 3.92. The molecule has 0 aliphatic carbocycles. The molecule has 0 spiro atoms. The SMILES string of the molecule is C[C@@H](c1cccs1)N(C)Cc1nc(-c2cccc(C(F)(F)F)c2)no1. The first-order valence-electron chi connectivity index (χ1n) is 7.58. The number of benzene rings is 1. The van der Waals surface area contributed by atoms with Gasteiger partial charge in [0.2, 0.25) is 11.7 Å². The van der Waals surface area contributed by atoms with E-state index in [1.165, 1.54) is 17.0 Å². The van der Waals surface area contributed by atoms with Crippen LogP contribution in [0.5, 0.6) is 0 Å². The molecule has 0 N–H and O–H groups in total. The van der Waals surface area contributed by atoms with Crippen LogP contribution in [0.25, 0.3) is 11.4 Å². The summed E-state index contributed by atoms with van der Waals surface area (Å²) in [5.74, 6) is 0.511. The summed E-state index contributed by atoms with van der Waals surface area (Å²) in [5, 5.41) is 5.82. The van der Waals surface area contributed by atoms with Crippen molar-refractivity contribution in [2.45, 2.75) is 25.7 Å². The molecule has 3 aromatic rings. The van der Waals surface area contributed by atoms with Crippen LogP contribution in [-0.2, 0) is 12.7 Å². The normalized spacial score (nSPS) is 13.4. The monoisotopic (exact) mass is 367 g/mol. The van der Waals surface area contributed by atoms with Gasteiger partial charge in [0.25, 0.3) is 0 Å². The molecule has 3 rings (SSSR count). The summed E-state index contributed by atoms with van der Waals surface area (Å²) >= 11 is 1.66. The van der Waals surface area contributed by atoms with Crippen molar-refractivity contribution < 1.29 is 17.7 Å². The summed E-state index contributed by atoms with van der Waals surface area (Å²) in [4.78, 5) is 7.47. The quantitative estimate of drug-likeness (QED) is 0.636. The molecule has 0 radical (unpaired) electrons. The van der Waals surface area contributed by atoms with Gasteiger partial charge in [0, 0.05) is 16.5 Å². The largest absolute Gasteiger partial charge is 0.416 e. The Kier molecular flexibility index (Phi) is 4.91. The van der Waals surface area contributed by atoms with Crippen LogP contribution in [-0.4, -0.2) is 22.1 Å². The second-order valence-electron chi connectivity index (χ2n) is 5.70. The molecular formula is C17H16F3N3OS. The lowest BCUT2D eigenvalue weighted by atomic mass is 10.1. The van der Waals surface area contributed by atoms with Crippen molar-refractivity contribution in [2.75, 3.05) is 7.05 Å². The van der Waals surface area contributed by atoms with Gasteiger partial charge in [-0.2, -0.15) is 18.2 Å². The van der Waals surface area contributed by atoms with Gasteiger partial charge in [-0.25, -0.2) is 0 Å². The first-order chi connectivity index (χ1) is 11.8. The van der Waals surface area contributed by atoms with E-state index >= 15 is 0 Å². The molecule has 0 bridgehead atoms. The van der Waals surface area contributed by atoms with E-state index < -0.39 is 11.7 Å². The van der Waals surface area contributed by atoms with E-state index in [9.17, 15) is 13.2 Å². The Balaban J connectivity index is 1.74. The van der Waals surface area contributed by atoms with E-state index in [2.05, 4.69) is 17.1 Å². The van der Waals surface area contributed by atoms with Gasteiger partial charge in [-0.05, 0) is 37.6 Å². The Hall–Kier alpha value is -2.19. The Morgan fingerprint density at radius 2 is 2.04 bits per heavy atom. The molecule has 1 aromatic carbocycles. The zero-order chi connectivity index (χ0) is 18.0. The van der Waals surface area contributed by atoms with Gasteiger partial charge in [0.15, 0.2) is 0 Å². The molecule has 0 saturated carbocycles. The molecule has 0 amide bonds. The van der Waals surface area contributed by atoms with E-state index in [1.807, 2.05) is 29.5 Å². The number of rotatable bonds is 5. The number of nitrogens with zero attached hydrogens (tertiary/aromatic N) is 3. The van der Waals surface area contributed by atoms with Crippen molar-refractivity contribution >= 4 is 11.3 Å². The van der Waals surface area contributed by atoms with Crippen LogP contribution >= 0.6 is 11.3 Å². The highest BCUT2D eigenvalue weighted by Gasteiger charge is 2.30. The second kappa shape index (κ2) is 6.97. The van der Waals surface area contributed by atoms with Crippen LogP contribution in [0.15, 0.2) is 46.3 Å². The average Bonchev–Trinajstić information content (AvgIpc) is 3.25. The first-order valence-corrected chi connectivity index (χ1v) is 8.46. The topological polar surface area (TPSA) is 42.2 Å². The van der Waals surface area contributed by atoms with E-state index in [1.54, 1.807) is 11.3 Å². The molecule has 25 heavy (non-hydrogen) atoms. The molecule has 0 aliphatic rings. The van der Waals surface area contributed by atoms with Crippen molar-refractivity contribution in [1.29, 1.82) is 0 Å². The summed E-state index contributed by atoms with van der Waals surface area (Å²) in [6.07, 6.45) is -4.40. The van der Waals surface area contributed by atoms with Gasteiger partial charge in [-0.15, -0.1) is 11.3 Å². The van der Waals surface area contributed by atoms with Gasteiger partial charge in [-0.1, -0.05) is 23.4 Å². The van der Waals surface area contributed by atoms with Crippen molar-refractivity contribution in [3.8, 4) is 11.4 Å². The zero-order valence-corrected chi connectivity index (χ0v) is 14.4. The maximum absolute atomic E-state index is 12.8. The minimum atomic E-state index is -4.40. The molecule has 0 saturated heterocycles. The van der Waals surface area contributed by atoms with Crippen LogP contribution < -0.4 is 0 Å². The lowest BCUT2D eigenvalue weighted by Gasteiger charge is -2.21. The van der Waals surface area contributed by atoms with Crippen molar-refractivity contribution in [1.82, 2.24) is 15.0 Å². The maximum atomic E-state index is 12.8. The minimum absolute atomic E-state index is 0.151.